The van der Waals surface area contributed by atoms with E-state index in [0.717, 1.165) is 27.1 Å². The molecule has 0 aliphatic heterocycles. The van der Waals surface area contributed by atoms with Crippen molar-refractivity contribution >= 4 is 34.3 Å². The maximum atomic E-state index is 12.3. The van der Waals surface area contributed by atoms with Crippen molar-refractivity contribution in [2.45, 2.75) is 18.9 Å². The van der Waals surface area contributed by atoms with Gasteiger partial charge in [-0.3, -0.25) is 4.79 Å². The van der Waals surface area contributed by atoms with Gasteiger partial charge in [-0.15, -0.1) is 0 Å². The SMILES string of the molecule is COc1ccc(NC(=O)CSc2cc(C)c3cccc(C)c3n2)cc1OC. The number of hydrogen-bond donors (Lipinski definition) is 1. The number of aryl methyl sites for hydroxylation is 2. The third-order valence-corrected chi connectivity index (χ3v) is 5.15. The second-order valence-corrected chi connectivity index (χ2v) is 7.15. The molecule has 0 saturated heterocycles. The first-order valence-corrected chi connectivity index (χ1v) is 9.52. The minimum atomic E-state index is -0.100. The highest BCUT2D eigenvalue weighted by molar-refractivity contribution is 7.99. The van der Waals surface area contributed by atoms with E-state index in [1.54, 1.807) is 32.4 Å². The first-order valence-electron chi connectivity index (χ1n) is 8.53. The molecular formula is C21H22N2O3S. The zero-order valence-corrected chi connectivity index (χ0v) is 16.6. The molecule has 0 unspecified atom stereocenters. The molecule has 1 N–H and O–H groups in total. The third-order valence-electron chi connectivity index (χ3n) is 4.24. The van der Waals surface area contributed by atoms with Gasteiger partial charge in [0.2, 0.25) is 5.91 Å². The summed E-state index contributed by atoms with van der Waals surface area (Å²) in [5.41, 5.74) is 3.94. The first kappa shape index (κ1) is 19.0. The molecule has 0 aliphatic rings. The Labute approximate surface area is 163 Å². The highest BCUT2D eigenvalue weighted by Gasteiger charge is 2.10. The molecule has 0 atom stereocenters. The van der Waals surface area contributed by atoms with Crippen LogP contribution in [-0.2, 0) is 4.79 Å². The van der Waals surface area contributed by atoms with Crippen molar-refractivity contribution in [3.63, 3.8) is 0 Å². The monoisotopic (exact) mass is 382 g/mol. The lowest BCUT2D eigenvalue weighted by Crippen LogP contribution is -2.14. The Hall–Kier alpha value is -2.73. The van der Waals surface area contributed by atoms with Crippen LogP contribution in [-0.4, -0.2) is 30.9 Å². The number of ether oxygens (including phenoxy) is 2. The molecule has 1 amide bonds. The van der Waals surface area contributed by atoms with Gasteiger partial charge < -0.3 is 14.8 Å². The van der Waals surface area contributed by atoms with Crippen LogP contribution in [0.5, 0.6) is 11.5 Å². The van der Waals surface area contributed by atoms with Gasteiger partial charge in [0, 0.05) is 17.1 Å². The fourth-order valence-corrected chi connectivity index (χ4v) is 3.62. The Kier molecular flexibility index (Phi) is 5.86. The van der Waals surface area contributed by atoms with Crippen LogP contribution in [0, 0.1) is 13.8 Å². The van der Waals surface area contributed by atoms with Gasteiger partial charge in [0.1, 0.15) is 0 Å². The van der Waals surface area contributed by atoms with Gasteiger partial charge in [0.05, 0.1) is 30.5 Å². The van der Waals surface area contributed by atoms with Gasteiger partial charge in [-0.2, -0.15) is 0 Å². The van der Waals surface area contributed by atoms with E-state index in [2.05, 4.69) is 18.3 Å². The number of carbonyl (C=O) groups is 1. The highest BCUT2D eigenvalue weighted by Crippen LogP contribution is 2.30. The fraction of sp³-hybridized carbons (Fsp3) is 0.238. The van der Waals surface area contributed by atoms with E-state index >= 15 is 0 Å². The second kappa shape index (κ2) is 8.31. The molecule has 5 nitrogen and oxygen atoms in total. The number of rotatable bonds is 6. The van der Waals surface area contributed by atoms with Gasteiger partial charge >= 0.3 is 0 Å². The summed E-state index contributed by atoms with van der Waals surface area (Å²) < 4.78 is 10.5. The van der Waals surface area contributed by atoms with E-state index in [9.17, 15) is 4.79 Å². The van der Waals surface area contributed by atoms with E-state index < -0.39 is 0 Å². The van der Waals surface area contributed by atoms with Crippen LogP contribution in [0.2, 0.25) is 0 Å². The zero-order valence-electron chi connectivity index (χ0n) is 15.8. The summed E-state index contributed by atoms with van der Waals surface area (Å²) in [4.78, 5) is 17.0. The second-order valence-electron chi connectivity index (χ2n) is 6.16. The fourth-order valence-electron chi connectivity index (χ4n) is 2.86. The van der Waals surface area contributed by atoms with Gasteiger partial charge in [-0.25, -0.2) is 4.98 Å². The largest absolute Gasteiger partial charge is 0.493 e. The maximum absolute atomic E-state index is 12.3. The molecule has 3 aromatic rings. The smallest absolute Gasteiger partial charge is 0.234 e. The van der Waals surface area contributed by atoms with Crippen LogP contribution < -0.4 is 14.8 Å². The van der Waals surface area contributed by atoms with Crippen LogP contribution in [0.3, 0.4) is 0 Å². The molecule has 2 aromatic carbocycles. The lowest BCUT2D eigenvalue weighted by atomic mass is 10.1. The van der Waals surface area contributed by atoms with Crippen LogP contribution in [0.15, 0.2) is 47.5 Å². The number of anilines is 1. The Morgan fingerprint density at radius 2 is 1.81 bits per heavy atom. The predicted molar refractivity (Wildman–Crippen MR) is 110 cm³/mol. The van der Waals surface area contributed by atoms with Gasteiger partial charge in [0.25, 0.3) is 0 Å². The number of fused-ring (bicyclic) bond motifs is 1. The summed E-state index contributed by atoms with van der Waals surface area (Å²) >= 11 is 1.42. The average molecular weight is 382 g/mol. The van der Waals surface area contributed by atoms with E-state index in [-0.39, 0.29) is 11.7 Å². The number of amides is 1. The highest BCUT2D eigenvalue weighted by atomic mass is 32.2. The molecule has 1 aromatic heterocycles. The normalized spacial score (nSPS) is 10.7. The van der Waals surface area contributed by atoms with Crippen molar-refractivity contribution in [2.75, 3.05) is 25.3 Å². The summed E-state index contributed by atoms with van der Waals surface area (Å²) in [6.07, 6.45) is 0. The minimum absolute atomic E-state index is 0.100. The molecule has 140 valence electrons. The molecule has 0 fully saturated rings. The topological polar surface area (TPSA) is 60.5 Å². The summed E-state index contributed by atoms with van der Waals surface area (Å²) in [5, 5.41) is 4.87. The zero-order chi connectivity index (χ0) is 19.4. The maximum Gasteiger partial charge on any atom is 0.234 e. The number of pyridine rings is 1. The van der Waals surface area contributed by atoms with E-state index in [0.29, 0.717) is 17.2 Å². The Balaban J connectivity index is 1.69. The lowest BCUT2D eigenvalue weighted by molar-refractivity contribution is -0.113. The molecule has 27 heavy (non-hydrogen) atoms. The van der Waals surface area contributed by atoms with Gasteiger partial charge in [0.15, 0.2) is 11.5 Å². The molecule has 6 heteroatoms. The predicted octanol–water partition coefficient (Wildman–Crippen LogP) is 4.60. The molecule has 0 spiro atoms. The van der Waals surface area contributed by atoms with Crippen LogP contribution in [0.1, 0.15) is 11.1 Å². The number of benzene rings is 2. The van der Waals surface area contributed by atoms with Crippen molar-refractivity contribution in [3.05, 3.63) is 53.6 Å². The summed E-state index contributed by atoms with van der Waals surface area (Å²) in [6.45, 7) is 4.12. The van der Waals surface area contributed by atoms with E-state index in [1.165, 1.54) is 11.8 Å². The molecule has 0 bridgehead atoms. The van der Waals surface area contributed by atoms with Crippen molar-refractivity contribution in [2.24, 2.45) is 0 Å². The van der Waals surface area contributed by atoms with Gasteiger partial charge in [-0.1, -0.05) is 30.0 Å². The number of aromatic nitrogens is 1. The number of nitrogens with zero attached hydrogens (tertiary/aromatic N) is 1. The van der Waals surface area contributed by atoms with Crippen molar-refractivity contribution in [3.8, 4) is 11.5 Å². The minimum Gasteiger partial charge on any atom is -0.493 e. The summed E-state index contributed by atoms with van der Waals surface area (Å²) in [6, 6.07) is 13.5. The summed E-state index contributed by atoms with van der Waals surface area (Å²) in [5.74, 6) is 1.37. The Morgan fingerprint density at radius 1 is 1.04 bits per heavy atom. The Morgan fingerprint density at radius 3 is 2.56 bits per heavy atom. The molecule has 0 aliphatic carbocycles. The first-order chi connectivity index (χ1) is 13.0. The number of nitrogens with one attached hydrogen (secondary N) is 1. The number of para-hydroxylation sites is 1. The number of carbonyl (C=O) groups excluding carboxylic acids is 1. The van der Waals surface area contributed by atoms with Crippen molar-refractivity contribution in [1.29, 1.82) is 0 Å². The van der Waals surface area contributed by atoms with Crippen LogP contribution in [0.25, 0.3) is 10.9 Å². The van der Waals surface area contributed by atoms with Crippen LogP contribution >= 0.6 is 11.8 Å². The average Bonchev–Trinajstić information content (AvgIpc) is 2.67. The third kappa shape index (κ3) is 4.34. The molecule has 1 heterocycles. The van der Waals surface area contributed by atoms with Crippen LogP contribution in [0.4, 0.5) is 5.69 Å². The standard InChI is InChI=1S/C21H22N2O3S/c1-13-6-5-7-16-14(2)10-20(23-21(13)16)27-12-19(24)22-15-8-9-17(25-3)18(11-15)26-4/h5-11H,12H2,1-4H3,(H,22,24). The quantitative estimate of drug-likeness (QED) is 0.632. The lowest BCUT2D eigenvalue weighted by Gasteiger charge is -2.11. The van der Waals surface area contributed by atoms with Crippen molar-refractivity contribution < 1.29 is 14.3 Å². The van der Waals surface area contributed by atoms with E-state index in [4.69, 9.17) is 14.5 Å². The van der Waals surface area contributed by atoms with Crippen molar-refractivity contribution in [1.82, 2.24) is 4.98 Å². The molecule has 0 saturated carbocycles. The molecule has 3 rings (SSSR count). The number of methoxy groups -OCH3 is 2. The molecule has 0 radical (unpaired) electrons. The molecular weight excluding hydrogens is 360 g/mol. The van der Waals surface area contributed by atoms with E-state index in [1.807, 2.05) is 25.1 Å². The number of thioether (sulfide) groups is 1. The number of hydrogen-bond acceptors (Lipinski definition) is 5. The summed E-state index contributed by atoms with van der Waals surface area (Å²) in [7, 11) is 3.14. The Bertz CT molecular complexity index is 989. The van der Waals surface area contributed by atoms with Gasteiger partial charge in [-0.05, 0) is 43.2 Å².